The third-order valence-electron chi connectivity index (χ3n) is 2.64. The van der Waals surface area contributed by atoms with Crippen LogP contribution in [0.5, 0.6) is 5.75 Å². The maximum Gasteiger partial charge on any atom is 0.319 e. The molecule has 0 spiro atoms. The van der Waals surface area contributed by atoms with Gasteiger partial charge >= 0.3 is 6.03 Å². The second kappa shape index (κ2) is 8.02. The third-order valence-corrected chi connectivity index (χ3v) is 2.64. The van der Waals surface area contributed by atoms with E-state index in [1.54, 1.807) is 38.4 Å². The average Bonchev–Trinajstić information content (AvgIpc) is 2.46. The largest absolute Gasteiger partial charge is 0.492 e. The van der Waals surface area contributed by atoms with Crippen molar-refractivity contribution in [2.45, 2.75) is 0 Å². The lowest BCUT2D eigenvalue weighted by atomic mass is 10.2. The quantitative estimate of drug-likeness (QED) is 0.838. The summed E-state index contributed by atoms with van der Waals surface area (Å²) in [4.78, 5) is 14.8. The van der Waals surface area contributed by atoms with E-state index in [9.17, 15) is 4.79 Å². The van der Waals surface area contributed by atoms with E-state index in [2.05, 4.69) is 0 Å². The highest BCUT2D eigenvalue weighted by atomic mass is 16.5. The van der Waals surface area contributed by atoms with E-state index in [0.717, 1.165) is 0 Å². The van der Waals surface area contributed by atoms with Crippen LogP contribution in [0.1, 0.15) is 5.56 Å². The summed E-state index contributed by atoms with van der Waals surface area (Å²) in [6, 6.07) is 8.63. The van der Waals surface area contributed by atoms with Crippen molar-refractivity contribution in [1.29, 1.82) is 5.26 Å². The number of hydrogen-bond acceptors (Lipinski definition) is 4. The Kier molecular flexibility index (Phi) is 6.33. The first-order valence-electron chi connectivity index (χ1n) is 6.28. The molecule has 1 aromatic rings. The number of rotatable bonds is 6. The lowest BCUT2D eigenvalue weighted by Gasteiger charge is -2.25. The van der Waals surface area contributed by atoms with Crippen molar-refractivity contribution in [1.82, 2.24) is 9.80 Å². The lowest BCUT2D eigenvalue weighted by molar-refractivity contribution is 0.143. The number of urea groups is 1. The van der Waals surface area contributed by atoms with E-state index < -0.39 is 0 Å². The van der Waals surface area contributed by atoms with Gasteiger partial charge in [-0.1, -0.05) is 0 Å². The Bertz CT molecular complexity index is 466. The molecule has 1 rings (SSSR count). The van der Waals surface area contributed by atoms with Gasteiger partial charge in [0, 0.05) is 20.6 Å². The van der Waals surface area contributed by atoms with Crippen LogP contribution in [0.15, 0.2) is 24.3 Å². The lowest BCUT2D eigenvalue weighted by Crippen LogP contribution is -2.42. The smallest absolute Gasteiger partial charge is 0.319 e. The Morgan fingerprint density at radius 3 is 2.45 bits per heavy atom. The van der Waals surface area contributed by atoms with Crippen LogP contribution in [-0.4, -0.2) is 61.3 Å². The van der Waals surface area contributed by atoms with Crippen molar-refractivity contribution in [3.8, 4) is 11.8 Å². The highest BCUT2D eigenvalue weighted by molar-refractivity contribution is 5.73. The molecule has 0 unspecified atom stereocenters. The van der Waals surface area contributed by atoms with E-state index in [0.29, 0.717) is 24.5 Å². The predicted octanol–water partition coefficient (Wildman–Crippen LogP) is 0.913. The van der Waals surface area contributed by atoms with Crippen molar-refractivity contribution in [2.24, 2.45) is 0 Å². The van der Waals surface area contributed by atoms with Crippen LogP contribution in [0.4, 0.5) is 4.79 Å². The van der Waals surface area contributed by atoms with Crippen LogP contribution in [-0.2, 0) is 0 Å². The van der Waals surface area contributed by atoms with Gasteiger partial charge in [-0.3, -0.25) is 0 Å². The molecule has 0 atom stereocenters. The SMILES string of the molecule is CN(C)C(=O)N(CCO)CCOc1ccc(C#N)cc1. The fourth-order valence-electron chi connectivity index (χ4n) is 1.61. The van der Waals surface area contributed by atoms with Crippen LogP contribution in [0.25, 0.3) is 0 Å². The van der Waals surface area contributed by atoms with Gasteiger partial charge < -0.3 is 19.6 Å². The molecule has 0 bridgehead atoms. The molecule has 0 saturated heterocycles. The fraction of sp³-hybridized carbons (Fsp3) is 0.429. The van der Waals surface area contributed by atoms with Crippen molar-refractivity contribution >= 4 is 6.03 Å². The van der Waals surface area contributed by atoms with E-state index in [1.165, 1.54) is 9.80 Å². The molecule has 1 N–H and O–H groups in total. The molecule has 1 aromatic carbocycles. The fourth-order valence-corrected chi connectivity index (χ4v) is 1.61. The van der Waals surface area contributed by atoms with Crippen molar-refractivity contribution in [3.63, 3.8) is 0 Å². The number of benzene rings is 1. The van der Waals surface area contributed by atoms with Gasteiger partial charge in [-0.2, -0.15) is 5.26 Å². The molecular weight excluding hydrogens is 258 g/mol. The first-order valence-corrected chi connectivity index (χ1v) is 6.28. The van der Waals surface area contributed by atoms with Gasteiger partial charge in [-0.05, 0) is 24.3 Å². The highest BCUT2D eigenvalue weighted by Crippen LogP contribution is 2.11. The van der Waals surface area contributed by atoms with Gasteiger partial charge in [0.1, 0.15) is 12.4 Å². The van der Waals surface area contributed by atoms with E-state index >= 15 is 0 Å². The summed E-state index contributed by atoms with van der Waals surface area (Å²) in [5, 5.41) is 17.6. The Labute approximate surface area is 118 Å². The Hall–Kier alpha value is -2.26. The average molecular weight is 277 g/mol. The number of nitriles is 1. The number of hydrogen-bond donors (Lipinski definition) is 1. The monoisotopic (exact) mass is 277 g/mol. The standard InChI is InChI=1S/C14H19N3O3/c1-16(2)14(19)17(7-9-18)8-10-20-13-5-3-12(11-15)4-6-13/h3-6,18H,7-10H2,1-2H3. The number of carbonyl (C=O) groups excluding carboxylic acids is 1. The molecule has 0 aromatic heterocycles. The minimum Gasteiger partial charge on any atom is -0.492 e. The molecule has 0 aliphatic rings. The highest BCUT2D eigenvalue weighted by Gasteiger charge is 2.14. The van der Waals surface area contributed by atoms with E-state index in [1.807, 2.05) is 6.07 Å². The number of nitrogens with zero attached hydrogens (tertiary/aromatic N) is 3. The van der Waals surface area contributed by atoms with Crippen LogP contribution < -0.4 is 4.74 Å². The number of amides is 2. The first kappa shape index (κ1) is 15.8. The summed E-state index contributed by atoms with van der Waals surface area (Å²) < 4.78 is 5.51. The molecule has 6 heteroatoms. The van der Waals surface area contributed by atoms with Gasteiger partial charge in [0.05, 0.1) is 24.8 Å². The van der Waals surface area contributed by atoms with Gasteiger partial charge in [0.15, 0.2) is 0 Å². The molecule has 0 saturated carbocycles. The molecule has 0 aliphatic heterocycles. The first-order chi connectivity index (χ1) is 9.58. The minimum atomic E-state index is -0.164. The zero-order valence-corrected chi connectivity index (χ0v) is 11.7. The molecule has 108 valence electrons. The third kappa shape index (κ3) is 4.78. The normalized spacial score (nSPS) is 9.70. The molecule has 20 heavy (non-hydrogen) atoms. The van der Waals surface area contributed by atoms with Crippen molar-refractivity contribution < 1.29 is 14.6 Å². The second-order valence-electron chi connectivity index (χ2n) is 4.37. The van der Waals surface area contributed by atoms with Gasteiger partial charge in [0.25, 0.3) is 0 Å². The summed E-state index contributed by atoms with van der Waals surface area (Å²) in [6.45, 7) is 0.896. The van der Waals surface area contributed by atoms with Crippen LogP contribution in [0.3, 0.4) is 0 Å². The maximum absolute atomic E-state index is 11.8. The van der Waals surface area contributed by atoms with E-state index in [-0.39, 0.29) is 19.2 Å². The zero-order valence-electron chi connectivity index (χ0n) is 11.7. The van der Waals surface area contributed by atoms with Crippen molar-refractivity contribution in [2.75, 3.05) is 40.4 Å². The zero-order chi connectivity index (χ0) is 15.0. The number of aliphatic hydroxyl groups excluding tert-OH is 1. The van der Waals surface area contributed by atoms with Crippen LogP contribution >= 0.6 is 0 Å². The van der Waals surface area contributed by atoms with Crippen molar-refractivity contribution in [3.05, 3.63) is 29.8 Å². The Balaban J connectivity index is 2.47. The molecule has 0 radical (unpaired) electrons. The topological polar surface area (TPSA) is 76.8 Å². The predicted molar refractivity (Wildman–Crippen MR) is 74.4 cm³/mol. The summed E-state index contributed by atoms with van der Waals surface area (Å²) in [5.41, 5.74) is 0.571. The molecular formula is C14H19N3O3. The summed E-state index contributed by atoms with van der Waals surface area (Å²) in [7, 11) is 3.32. The maximum atomic E-state index is 11.8. The van der Waals surface area contributed by atoms with Gasteiger partial charge in [-0.15, -0.1) is 0 Å². The van der Waals surface area contributed by atoms with Gasteiger partial charge in [0.2, 0.25) is 0 Å². The Morgan fingerprint density at radius 2 is 1.95 bits per heavy atom. The molecule has 2 amide bonds. The second-order valence-corrected chi connectivity index (χ2v) is 4.37. The minimum absolute atomic E-state index is 0.0869. The Morgan fingerprint density at radius 1 is 1.30 bits per heavy atom. The summed E-state index contributed by atoms with van der Waals surface area (Å²) in [5.74, 6) is 0.644. The molecule has 0 fully saturated rings. The van der Waals surface area contributed by atoms with Crippen LogP contribution in [0.2, 0.25) is 0 Å². The number of ether oxygens (including phenoxy) is 1. The van der Waals surface area contributed by atoms with Crippen LogP contribution in [0, 0.1) is 11.3 Å². The molecule has 0 heterocycles. The van der Waals surface area contributed by atoms with Gasteiger partial charge in [-0.25, -0.2) is 4.79 Å². The molecule has 0 aliphatic carbocycles. The molecule has 6 nitrogen and oxygen atoms in total. The summed E-state index contributed by atoms with van der Waals surface area (Å²) in [6.07, 6.45) is 0. The summed E-state index contributed by atoms with van der Waals surface area (Å²) >= 11 is 0. The number of aliphatic hydroxyl groups is 1. The van der Waals surface area contributed by atoms with E-state index in [4.69, 9.17) is 15.1 Å². The number of carbonyl (C=O) groups is 1.